The number of carbonyl (C=O) groups is 3. The van der Waals surface area contributed by atoms with Crippen molar-refractivity contribution in [3.05, 3.63) is 63.7 Å². The fourth-order valence-electron chi connectivity index (χ4n) is 3.37. The van der Waals surface area contributed by atoms with Gasteiger partial charge in [-0.15, -0.1) is 0 Å². The van der Waals surface area contributed by atoms with Gasteiger partial charge in [-0.2, -0.15) is 15.4 Å². The van der Waals surface area contributed by atoms with Gasteiger partial charge in [-0.1, -0.05) is 35.3 Å². The van der Waals surface area contributed by atoms with Crippen molar-refractivity contribution in [1.29, 1.82) is 5.26 Å². The summed E-state index contributed by atoms with van der Waals surface area (Å²) < 4.78 is 10.9. The van der Waals surface area contributed by atoms with Crippen LogP contribution in [-0.2, 0) is 20.8 Å². The van der Waals surface area contributed by atoms with Gasteiger partial charge >= 0.3 is 0 Å². The van der Waals surface area contributed by atoms with Crippen molar-refractivity contribution in [3.8, 4) is 17.6 Å². The number of nitrogens with zero attached hydrogens (tertiary/aromatic N) is 4. The molecule has 4 rings (SSSR count). The summed E-state index contributed by atoms with van der Waals surface area (Å²) in [5, 5.41) is 13.8. The van der Waals surface area contributed by atoms with Crippen LogP contribution in [0.4, 0.5) is 5.69 Å². The van der Waals surface area contributed by atoms with Crippen LogP contribution in [0.2, 0.25) is 10.0 Å². The molecule has 11 heteroatoms. The summed E-state index contributed by atoms with van der Waals surface area (Å²) in [6.07, 6.45) is 1.41. The minimum Gasteiger partial charge on any atom is -0.497 e. The summed E-state index contributed by atoms with van der Waals surface area (Å²) in [7, 11) is 1.58. The Labute approximate surface area is 209 Å². The maximum Gasteiger partial charge on any atom is 0.255 e. The summed E-state index contributed by atoms with van der Waals surface area (Å²) >= 11 is 12.7. The average Bonchev–Trinajstić information content (AvgIpc) is 2.84. The lowest BCUT2D eigenvalue weighted by Gasteiger charge is -2.22. The number of halogens is 2. The molecule has 1 amide bonds. The molecule has 0 N–H and O–H groups in total. The lowest BCUT2D eigenvalue weighted by molar-refractivity contribution is -0.124. The van der Waals surface area contributed by atoms with Gasteiger partial charge in [-0.3, -0.25) is 14.4 Å². The number of amides is 1. The van der Waals surface area contributed by atoms with Gasteiger partial charge in [0.25, 0.3) is 5.91 Å². The molecule has 0 aliphatic carbocycles. The summed E-state index contributed by atoms with van der Waals surface area (Å²) in [4.78, 5) is 40.5. The number of benzene rings is 2. The van der Waals surface area contributed by atoms with Crippen LogP contribution in [0.5, 0.6) is 11.5 Å². The van der Waals surface area contributed by atoms with Gasteiger partial charge in [-0.05, 0) is 29.8 Å². The van der Waals surface area contributed by atoms with Crippen molar-refractivity contribution in [2.45, 2.75) is 12.8 Å². The molecule has 2 aliphatic heterocycles. The van der Waals surface area contributed by atoms with Crippen LogP contribution in [-0.4, -0.2) is 42.7 Å². The molecule has 2 aromatic carbocycles. The van der Waals surface area contributed by atoms with Gasteiger partial charge < -0.3 is 9.47 Å². The Bertz CT molecular complexity index is 1350. The molecule has 0 unspecified atom stereocenters. The molecular formula is C24H16Cl2N4O5. The Hall–Kier alpha value is -4.00. The number of rotatable bonds is 5. The Morgan fingerprint density at radius 3 is 2.40 bits per heavy atom. The van der Waals surface area contributed by atoms with E-state index in [1.807, 2.05) is 24.3 Å². The first-order chi connectivity index (χ1) is 16.8. The van der Waals surface area contributed by atoms with Crippen molar-refractivity contribution in [3.63, 3.8) is 0 Å². The highest BCUT2D eigenvalue weighted by Gasteiger charge is 2.30. The van der Waals surface area contributed by atoms with Crippen LogP contribution in [0.1, 0.15) is 12.0 Å². The minimum atomic E-state index is -0.659. The van der Waals surface area contributed by atoms with Gasteiger partial charge in [0.2, 0.25) is 17.4 Å². The Morgan fingerprint density at radius 1 is 1.09 bits per heavy atom. The van der Waals surface area contributed by atoms with Crippen LogP contribution >= 0.6 is 23.2 Å². The number of methoxy groups -OCH3 is 1. The number of ether oxygens (including phenoxy) is 2. The van der Waals surface area contributed by atoms with E-state index in [0.717, 1.165) is 10.6 Å². The smallest absolute Gasteiger partial charge is 0.255 e. The molecule has 0 spiro atoms. The lowest BCUT2D eigenvalue weighted by Crippen LogP contribution is -2.36. The molecule has 0 bridgehead atoms. The molecule has 0 aromatic heterocycles. The van der Waals surface area contributed by atoms with Crippen LogP contribution in [0.3, 0.4) is 0 Å². The molecule has 176 valence electrons. The zero-order chi connectivity index (χ0) is 25.1. The third-order valence-electron chi connectivity index (χ3n) is 5.14. The maximum atomic E-state index is 12.4. The summed E-state index contributed by atoms with van der Waals surface area (Å²) in [6.45, 7) is -0.0907. The van der Waals surface area contributed by atoms with Crippen molar-refractivity contribution in [2.75, 3.05) is 18.7 Å². The average molecular weight is 511 g/mol. The lowest BCUT2D eigenvalue weighted by atomic mass is 10.00. The van der Waals surface area contributed by atoms with E-state index >= 15 is 0 Å². The molecule has 2 aromatic rings. The number of anilines is 1. The number of nitriles is 1. The first-order valence-electron chi connectivity index (χ1n) is 10.2. The van der Waals surface area contributed by atoms with E-state index in [0.29, 0.717) is 17.7 Å². The predicted molar refractivity (Wildman–Crippen MR) is 129 cm³/mol. The van der Waals surface area contributed by atoms with Gasteiger partial charge in [0, 0.05) is 18.1 Å². The largest absolute Gasteiger partial charge is 0.497 e. The van der Waals surface area contributed by atoms with Gasteiger partial charge in [0.1, 0.15) is 18.4 Å². The van der Waals surface area contributed by atoms with E-state index in [4.69, 9.17) is 37.9 Å². The Morgan fingerprint density at radius 2 is 1.77 bits per heavy atom. The number of hydrazone groups is 1. The first-order valence-corrected chi connectivity index (χ1v) is 11.0. The second-order valence-corrected chi connectivity index (χ2v) is 8.29. The standard InChI is InChI=1S/C24H16Cl2N4O5/c1-34-16-4-2-13(3-5-16)6-14-7-22(28-12-21(14)32)35-24-17(25)8-15(9-18(24)26)30-23(33)10-20(31)19(11-27)29-30/h2-5,7-9H,6,10,12H2,1H3. The number of Topliss-reactive ketones (excluding diaryl/α,β-unsaturated/α-hetero) is 2. The van der Waals surface area contributed by atoms with E-state index in [2.05, 4.69) is 10.1 Å². The van der Waals surface area contributed by atoms with Gasteiger partial charge in [0.05, 0.1) is 29.3 Å². The molecule has 2 aliphatic rings. The van der Waals surface area contributed by atoms with E-state index in [9.17, 15) is 14.4 Å². The molecule has 2 heterocycles. The van der Waals surface area contributed by atoms with Crippen molar-refractivity contribution >= 4 is 58.0 Å². The monoisotopic (exact) mass is 510 g/mol. The van der Waals surface area contributed by atoms with Crippen molar-refractivity contribution in [1.82, 2.24) is 0 Å². The number of carbonyl (C=O) groups excluding carboxylic acids is 3. The molecule has 0 saturated heterocycles. The van der Waals surface area contributed by atoms with Gasteiger partial charge in [-0.25, -0.2) is 4.99 Å². The zero-order valence-corrected chi connectivity index (χ0v) is 19.8. The number of hydrogen-bond donors (Lipinski definition) is 0. The van der Waals surface area contributed by atoms with Crippen LogP contribution in [0.25, 0.3) is 0 Å². The number of dihydropyridines is 1. The molecule has 35 heavy (non-hydrogen) atoms. The summed E-state index contributed by atoms with van der Waals surface area (Å²) in [5.74, 6) is -0.498. The highest BCUT2D eigenvalue weighted by atomic mass is 35.5. The molecule has 0 atom stereocenters. The molecule has 0 saturated carbocycles. The fourth-order valence-corrected chi connectivity index (χ4v) is 3.92. The molecule has 0 radical (unpaired) electrons. The van der Waals surface area contributed by atoms with Crippen molar-refractivity contribution in [2.24, 2.45) is 10.1 Å². The van der Waals surface area contributed by atoms with Crippen LogP contribution < -0.4 is 14.5 Å². The van der Waals surface area contributed by atoms with E-state index in [1.165, 1.54) is 18.2 Å². The van der Waals surface area contributed by atoms with Crippen LogP contribution in [0, 0.1) is 11.3 Å². The highest BCUT2D eigenvalue weighted by molar-refractivity contribution is 6.50. The molecular weight excluding hydrogens is 495 g/mol. The second kappa shape index (κ2) is 10.1. The second-order valence-electron chi connectivity index (χ2n) is 7.48. The third-order valence-corrected chi connectivity index (χ3v) is 5.70. The van der Waals surface area contributed by atoms with Gasteiger partial charge in [0.15, 0.2) is 11.5 Å². The topological polar surface area (TPSA) is 121 Å². The number of ketones is 2. The number of aliphatic imine (C=N–C) groups is 1. The third kappa shape index (κ3) is 5.24. The minimum absolute atomic E-state index is 0.0376. The predicted octanol–water partition coefficient (Wildman–Crippen LogP) is 3.72. The highest BCUT2D eigenvalue weighted by Crippen LogP contribution is 2.38. The zero-order valence-electron chi connectivity index (χ0n) is 18.2. The normalized spacial score (nSPS) is 15.8. The quantitative estimate of drug-likeness (QED) is 0.565. The Kier molecular flexibility index (Phi) is 6.96. The van der Waals surface area contributed by atoms with E-state index in [-0.39, 0.29) is 39.7 Å². The van der Waals surface area contributed by atoms with Crippen molar-refractivity contribution < 1.29 is 23.9 Å². The van der Waals surface area contributed by atoms with E-state index < -0.39 is 23.8 Å². The summed E-state index contributed by atoms with van der Waals surface area (Å²) in [5.41, 5.74) is 1.18. The molecule has 9 nitrogen and oxygen atoms in total. The Balaban J connectivity index is 1.56. The van der Waals surface area contributed by atoms with E-state index in [1.54, 1.807) is 13.2 Å². The van der Waals surface area contributed by atoms with Crippen LogP contribution in [0.15, 0.2) is 58.1 Å². The SMILES string of the molecule is COc1ccc(CC2=CC(Oc3c(Cl)cc(N4N=C(C#N)C(=O)CC4=O)cc3Cl)=NCC2=O)cc1. The molecule has 0 fully saturated rings. The summed E-state index contributed by atoms with van der Waals surface area (Å²) in [6, 6.07) is 11.7. The fraction of sp³-hybridized carbons (Fsp3) is 0.167. The maximum absolute atomic E-state index is 12.4. The number of hydrogen-bond acceptors (Lipinski definition) is 8. The first kappa shape index (κ1) is 24.1.